The van der Waals surface area contributed by atoms with Crippen LogP contribution in [0, 0.1) is 39.4 Å². The summed E-state index contributed by atoms with van der Waals surface area (Å²) in [6, 6.07) is 0. The van der Waals surface area contributed by atoms with Crippen LogP contribution >= 0.6 is 0 Å². The Kier molecular flexibility index (Phi) is 7.78. The fourth-order valence-corrected chi connectivity index (χ4v) is 11.7. The van der Waals surface area contributed by atoms with Gasteiger partial charge in [0.25, 0.3) is 0 Å². The molecule has 6 aliphatic rings. The Morgan fingerprint density at radius 2 is 1.70 bits per heavy atom. The van der Waals surface area contributed by atoms with Crippen molar-refractivity contribution >= 4 is 5.91 Å². The van der Waals surface area contributed by atoms with Crippen molar-refractivity contribution in [3.05, 3.63) is 11.1 Å². The lowest BCUT2D eigenvalue weighted by Gasteiger charge is -2.69. The Balaban J connectivity index is 1.21. The summed E-state index contributed by atoms with van der Waals surface area (Å²) in [4.78, 5) is 19.1. The first-order valence-corrected chi connectivity index (χ1v) is 17.2. The van der Waals surface area contributed by atoms with Gasteiger partial charge in [-0.25, -0.2) is 0 Å². The van der Waals surface area contributed by atoms with Gasteiger partial charge in [0, 0.05) is 32.7 Å². The Hall–Kier alpha value is -0.910. The van der Waals surface area contributed by atoms with E-state index in [0.29, 0.717) is 28.6 Å². The summed E-state index contributed by atoms with van der Waals surface area (Å²) in [6.07, 6.45) is 15.0. The van der Waals surface area contributed by atoms with Gasteiger partial charge in [0.2, 0.25) is 5.91 Å². The topological polar surface area (TPSA) is 55.8 Å². The zero-order chi connectivity index (χ0) is 28.3. The van der Waals surface area contributed by atoms with E-state index in [0.717, 1.165) is 77.3 Å². The average Bonchev–Trinajstić information content (AvgIpc) is 2.94. The third-order valence-electron chi connectivity index (χ3n) is 14.5. The average molecular weight is 554 g/mol. The number of aliphatic hydroxyl groups excluding tert-OH is 1. The Labute approximate surface area is 244 Å². The van der Waals surface area contributed by atoms with Crippen LogP contribution in [0.25, 0.3) is 0 Å². The molecule has 4 saturated carbocycles. The third kappa shape index (κ3) is 4.37. The highest BCUT2D eigenvalue weighted by Gasteiger charge is 2.66. The van der Waals surface area contributed by atoms with Crippen molar-refractivity contribution in [2.45, 2.75) is 117 Å². The Morgan fingerprint density at radius 1 is 0.925 bits per heavy atom. The van der Waals surface area contributed by atoms with E-state index in [4.69, 9.17) is 0 Å². The molecule has 0 aromatic rings. The number of nitrogens with one attached hydrogen (secondary N) is 1. The molecule has 5 aliphatic carbocycles. The number of carbonyl (C=O) groups is 1. The van der Waals surface area contributed by atoms with Crippen molar-refractivity contribution in [2.24, 2.45) is 39.4 Å². The van der Waals surface area contributed by atoms with Crippen LogP contribution in [0.3, 0.4) is 0 Å². The predicted octanol–water partition coefficient (Wildman–Crippen LogP) is 6.02. The van der Waals surface area contributed by atoms with Crippen molar-refractivity contribution in [2.75, 3.05) is 46.3 Å². The molecular weight excluding hydrogens is 494 g/mol. The summed E-state index contributed by atoms with van der Waals surface area (Å²) in [6.45, 7) is 16.8. The molecule has 0 radical (unpaired) electrons. The van der Waals surface area contributed by atoms with E-state index in [1.165, 1.54) is 51.4 Å². The highest BCUT2D eigenvalue weighted by molar-refractivity contribution is 5.86. The molecule has 2 N–H and O–H groups in total. The molecule has 1 saturated heterocycles. The first-order valence-electron chi connectivity index (χ1n) is 17.2. The molecule has 0 spiro atoms. The van der Waals surface area contributed by atoms with Crippen molar-refractivity contribution < 1.29 is 9.90 Å². The number of piperazine rings is 1. The molecule has 0 aromatic carbocycles. The Bertz CT molecular complexity index is 1000. The van der Waals surface area contributed by atoms with Crippen molar-refractivity contribution in [1.29, 1.82) is 0 Å². The standard InChI is InChI=1S/C35H59N3O2/c1-25-26-12-16-34(4)30(32(26,2)15-13-29(25)39)11-10-27-28-9-6-7-14-35(28,18-17-33(27,34)3)31(40)36-19-8-20-38-23-21-37(5)22-24-38/h25-26,29-30,39H,6-24H2,1-5H3,(H,36,40). The van der Waals surface area contributed by atoms with Crippen LogP contribution in [0.1, 0.15) is 111 Å². The van der Waals surface area contributed by atoms with Gasteiger partial charge in [-0.15, -0.1) is 0 Å². The van der Waals surface area contributed by atoms with E-state index >= 15 is 0 Å². The molecule has 6 rings (SSSR count). The maximum atomic E-state index is 14.1. The zero-order valence-corrected chi connectivity index (χ0v) is 26.5. The van der Waals surface area contributed by atoms with E-state index in [1.54, 1.807) is 11.1 Å². The second-order valence-corrected chi connectivity index (χ2v) is 16.0. The molecule has 40 heavy (non-hydrogen) atoms. The quantitative estimate of drug-likeness (QED) is 0.323. The summed E-state index contributed by atoms with van der Waals surface area (Å²) in [5.74, 6) is 2.16. The van der Waals surface area contributed by atoms with Crippen molar-refractivity contribution in [3.8, 4) is 0 Å². The summed E-state index contributed by atoms with van der Waals surface area (Å²) in [5.41, 5.74) is 3.91. The maximum Gasteiger partial charge on any atom is 0.230 e. The van der Waals surface area contributed by atoms with Gasteiger partial charge in [-0.3, -0.25) is 4.79 Å². The van der Waals surface area contributed by atoms with Gasteiger partial charge in [0.1, 0.15) is 0 Å². The van der Waals surface area contributed by atoms with Crippen LogP contribution in [-0.2, 0) is 4.79 Å². The van der Waals surface area contributed by atoms with Gasteiger partial charge < -0.3 is 20.2 Å². The molecule has 0 aromatic heterocycles. The number of nitrogens with zero attached hydrogens (tertiary/aromatic N) is 2. The molecule has 8 atom stereocenters. The number of carbonyl (C=O) groups excluding carboxylic acids is 1. The third-order valence-corrected chi connectivity index (χ3v) is 14.5. The molecule has 8 unspecified atom stereocenters. The lowest BCUT2D eigenvalue weighted by molar-refractivity contribution is -0.180. The minimum atomic E-state index is -0.241. The summed E-state index contributed by atoms with van der Waals surface area (Å²) < 4.78 is 0. The number of likely N-dealkylation sites (N-methyl/N-ethyl adjacent to an activating group) is 1. The lowest BCUT2D eigenvalue weighted by Crippen LogP contribution is -2.62. The maximum absolute atomic E-state index is 14.1. The second kappa shape index (κ2) is 10.7. The van der Waals surface area contributed by atoms with Crippen molar-refractivity contribution in [1.82, 2.24) is 15.1 Å². The number of hydrogen-bond donors (Lipinski definition) is 2. The highest BCUT2D eigenvalue weighted by Crippen LogP contribution is 2.74. The molecule has 0 bridgehead atoms. The van der Waals surface area contributed by atoms with E-state index in [1.807, 2.05) is 0 Å². The van der Waals surface area contributed by atoms with Gasteiger partial charge in [-0.1, -0.05) is 45.3 Å². The molecule has 5 heteroatoms. The van der Waals surface area contributed by atoms with E-state index in [2.05, 4.69) is 49.9 Å². The van der Waals surface area contributed by atoms with Gasteiger partial charge in [0.05, 0.1) is 11.5 Å². The molecule has 1 heterocycles. The van der Waals surface area contributed by atoms with E-state index in [9.17, 15) is 9.90 Å². The van der Waals surface area contributed by atoms with Crippen LogP contribution in [0.4, 0.5) is 0 Å². The molecule has 1 amide bonds. The summed E-state index contributed by atoms with van der Waals surface area (Å²) >= 11 is 0. The van der Waals surface area contributed by atoms with Crippen molar-refractivity contribution in [3.63, 3.8) is 0 Å². The van der Waals surface area contributed by atoms with Crippen LogP contribution in [0.2, 0.25) is 0 Å². The molecule has 226 valence electrons. The number of allylic oxidation sites excluding steroid dienone is 1. The number of aliphatic hydroxyl groups is 1. The first kappa shape index (κ1) is 29.2. The normalized spacial score (nSPS) is 46.1. The van der Waals surface area contributed by atoms with Gasteiger partial charge in [-0.2, -0.15) is 0 Å². The number of rotatable bonds is 5. The minimum Gasteiger partial charge on any atom is -0.393 e. The highest BCUT2D eigenvalue weighted by atomic mass is 16.3. The molecule has 5 nitrogen and oxygen atoms in total. The van der Waals surface area contributed by atoms with Crippen LogP contribution in [-0.4, -0.2) is 73.2 Å². The number of hydrogen-bond acceptors (Lipinski definition) is 4. The zero-order valence-electron chi connectivity index (χ0n) is 26.5. The number of fused-ring (bicyclic) bond motifs is 6. The van der Waals surface area contributed by atoms with Crippen LogP contribution in [0.5, 0.6) is 0 Å². The van der Waals surface area contributed by atoms with Gasteiger partial charge in [0.15, 0.2) is 0 Å². The fourth-order valence-electron chi connectivity index (χ4n) is 11.7. The molecule has 5 fully saturated rings. The van der Waals surface area contributed by atoms with E-state index in [-0.39, 0.29) is 16.9 Å². The number of amides is 1. The monoisotopic (exact) mass is 553 g/mol. The van der Waals surface area contributed by atoms with Gasteiger partial charge >= 0.3 is 0 Å². The van der Waals surface area contributed by atoms with Crippen LogP contribution < -0.4 is 5.32 Å². The van der Waals surface area contributed by atoms with E-state index < -0.39 is 0 Å². The lowest BCUT2D eigenvalue weighted by atomic mass is 9.35. The molecule has 1 aliphatic heterocycles. The first-order chi connectivity index (χ1) is 19.0. The largest absolute Gasteiger partial charge is 0.393 e. The van der Waals surface area contributed by atoms with Gasteiger partial charge in [-0.05, 0) is 125 Å². The predicted molar refractivity (Wildman–Crippen MR) is 163 cm³/mol. The summed E-state index contributed by atoms with van der Waals surface area (Å²) in [5, 5.41) is 14.2. The minimum absolute atomic E-state index is 0.114. The molecular formula is C35H59N3O2. The fraction of sp³-hybridized carbons (Fsp3) is 0.914. The smallest absolute Gasteiger partial charge is 0.230 e. The van der Waals surface area contributed by atoms with Crippen LogP contribution in [0.15, 0.2) is 11.1 Å². The second-order valence-electron chi connectivity index (χ2n) is 16.0. The summed E-state index contributed by atoms with van der Waals surface area (Å²) in [7, 11) is 2.21. The Morgan fingerprint density at radius 3 is 2.48 bits per heavy atom. The SMILES string of the molecule is CC1C(O)CCC2(C)C1CCC1(C)C2CCC2=C3CCCCC3(C(=O)NCCCN3CCN(C)CC3)CCC21C.